The van der Waals surface area contributed by atoms with Crippen molar-refractivity contribution in [2.75, 3.05) is 26.9 Å². The van der Waals surface area contributed by atoms with Gasteiger partial charge in [-0.25, -0.2) is 9.69 Å². The first-order valence-corrected chi connectivity index (χ1v) is 10.2. The lowest BCUT2D eigenvalue weighted by Gasteiger charge is -2.20. The lowest BCUT2D eigenvalue weighted by molar-refractivity contribution is -0.901. The number of amides is 4. The van der Waals surface area contributed by atoms with E-state index in [9.17, 15) is 14.4 Å². The van der Waals surface area contributed by atoms with Crippen molar-refractivity contribution >= 4 is 29.2 Å². The van der Waals surface area contributed by atoms with E-state index in [2.05, 4.69) is 6.58 Å². The van der Waals surface area contributed by atoms with Crippen LogP contribution >= 0.6 is 11.3 Å². The molecule has 2 aromatic rings. The summed E-state index contributed by atoms with van der Waals surface area (Å²) in [6.45, 7) is 5.00. The molecule has 0 aliphatic carbocycles. The van der Waals surface area contributed by atoms with Gasteiger partial charge in [0.1, 0.15) is 18.9 Å². The molecule has 2 heterocycles. The zero-order chi connectivity index (χ0) is 20.8. The standard InChI is InChI=1S/C21H23N3O4S/c1-3-12-28-17-8-6-16(7-9-17)14-22(2)15-24-20(26)19(25)23(21(24)27)11-10-18-5-4-13-29-18/h3-9,13H,1,10-12,14-15H2,2H3/p+1. The molecule has 1 aliphatic heterocycles. The van der Waals surface area contributed by atoms with Crippen molar-refractivity contribution in [3.8, 4) is 5.75 Å². The van der Waals surface area contributed by atoms with Crippen molar-refractivity contribution in [1.29, 1.82) is 0 Å². The second kappa shape index (κ2) is 9.49. The molecule has 29 heavy (non-hydrogen) atoms. The van der Waals surface area contributed by atoms with E-state index in [0.717, 1.165) is 30.9 Å². The number of carbonyl (C=O) groups is 3. The van der Waals surface area contributed by atoms with Crippen molar-refractivity contribution < 1.29 is 24.0 Å². The molecule has 1 aromatic heterocycles. The summed E-state index contributed by atoms with van der Waals surface area (Å²) in [5.41, 5.74) is 1.04. The van der Waals surface area contributed by atoms with Gasteiger partial charge in [0.25, 0.3) is 0 Å². The van der Waals surface area contributed by atoms with Crippen LogP contribution in [0.15, 0.2) is 54.4 Å². The molecule has 0 bridgehead atoms. The summed E-state index contributed by atoms with van der Waals surface area (Å²) in [5.74, 6) is -0.750. The van der Waals surface area contributed by atoms with E-state index in [-0.39, 0.29) is 13.2 Å². The summed E-state index contributed by atoms with van der Waals surface area (Å²) < 4.78 is 5.46. The minimum atomic E-state index is -0.756. The number of carbonyl (C=O) groups excluding carboxylic acids is 3. The number of nitrogens with one attached hydrogen (secondary N) is 1. The van der Waals surface area contributed by atoms with E-state index in [1.54, 1.807) is 17.4 Å². The zero-order valence-corrected chi connectivity index (χ0v) is 17.1. The van der Waals surface area contributed by atoms with Crippen LogP contribution in [0.5, 0.6) is 5.75 Å². The van der Waals surface area contributed by atoms with Gasteiger partial charge in [-0.05, 0) is 35.7 Å². The molecule has 0 saturated carbocycles. The Morgan fingerprint density at radius 2 is 1.83 bits per heavy atom. The molecule has 1 N–H and O–H groups in total. The maximum atomic E-state index is 12.6. The van der Waals surface area contributed by atoms with Crippen LogP contribution in [-0.4, -0.2) is 54.5 Å². The number of ether oxygens (including phenoxy) is 1. The van der Waals surface area contributed by atoms with Crippen LogP contribution in [0.25, 0.3) is 0 Å². The van der Waals surface area contributed by atoms with Crippen LogP contribution in [0.2, 0.25) is 0 Å². The van der Waals surface area contributed by atoms with Crippen LogP contribution in [0.4, 0.5) is 4.79 Å². The third-order valence-corrected chi connectivity index (χ3v) is 5.46. The van der Waals surface area contributed by atoms with Gasteiger partial charge in [-0.15, -0.1) is 11.3 Å². The summed E-state index contributed by atoms with van der Waals surface area (Å²) in [4.78, 5) is 41.2. The molecule has 0 spiro atoms. The Morgan fingerprint density at radius 1 is 1.10 bits per heavy atom. The first-order valence-electron chi connectivity index (χ1n) is 9.33. The lowest BCUT2D eigenvalue weighted by Crippen LogP contribution is -3.09. The van der Waals surface area contributed by atoms with Crippen molar-refractivity contribution in [3.05, 3.63) is 64.9 Å². The third kappa shape index (κ3) is 5.10. The Hall–Kier alpha value is -2.97. The maximum Gasteiger partial charge on any atom is 0.338 e. The topological polar surface area (TPSA) is 71.4 Å². The number of benzene rings is 1. The molecule has 1 atom stereocenters. The second-order valence-electron chi connectivity index (χ2n) is 6.84. The second-order valence-corrected chi connectivity index (χ2v) is 7.87. The molecule has 4 amide bonds. The lowest BCUT2D eigenvalue weighted by atomic mass is 10.2. The molecule has 1 aromatic carbocycles. The molecule has 1 fully saturated rings. The van der Waals surface area contributed by atoms with E-state index in [0.29, 0.717) is 19.6 Å². The van der Waals surface area contributed by atoms with E-state index in [4.69, 9.17) is 4.74 Å². The van der Waals surface area contributed by atoms with E-state index < -0.39 is 17.8 Å². The summed E-state index contributed by atoms with van der Waals surface area (Å²) in [6.07, 6.45) is 2.24. The average molecular weight is 415 g/mol. The molecule has 3 rings (SSSR count). The normalized spacial score (nSPS) is 15.1. The van der Waals surface area contributed by atoms with Crippen LogP contribution in [0, 0.1) is 0 Å². The number of thiophene rings is 1. The Kier molecular flexibility index (Phi) is 6.79. The quantitative estimate of drug-likeness (QED) is 0.362. The predicted molar refractivity (Wildman–Crippen MR) is 110 cm³/mol. The summed E-state index contributed by atoms with van der Waals surface area (Å²) in [5, 5.41) is 1.94. The molecule has 1 saturated heterocycles. The van der Waals surface area contributed by atoms with E-state index in [1.807, 2.05) is 48.8 Å². The SMILES string of the molecule is C=CCOc1ccc(C[NH+](C)CN2C(=O)C(=O)N(CCc3cccs3)C2=O)cc1. The van der Waals surface area contributed by atoms with Gasteiger partial charge in [-0.3, -0.25) is 14.5 Å². The van der Waals surface area contributed by atoms with Crippen molar-refractivity contribution in [1.82, 2.24) is 9.80 Å². The van der Waals surface area contributed by atoms with Crippen LogP contribution in [0.1, 0.15) is 10.4 Å². The molecule has 8 heteroatoms. The first kappa shape index (κ1) is 20.8. The number of quaternary nitrogens is 1. The highest BCUT2D eigenvalue weighted by atomic mass is 32.1. The minimum absolute atomic E-state index is 0.133. The van der Waals surface area contributed by atoms with Gasteiger partial charge in [0.15, 0.2) is 6.67 Å². The highest BCUT2D eigenvalue weighted by molar-refractivity contribution is 7.09. The van der Waals surface area contributed by atoms with Crippen LogP contribution in [0.3, 0.4) is 0 Å². The van der Waals surface area contributed by atoms with Gasteiger partial charge in [-0.2, -0.15) is 0 Å². The minimum Gasteiger partial charge on any atom is -0.490 e. The Bertz CT molecular complexity index is 880. The fraction of sp³-hybridized carbons (Fsp3) is 0.286. The number of hydrogen-bond donors (Lipinski definition) is 1. The monoisotopic (exact) mass is 414 g/mol. The highest BCUT2D eigenvalue weighted by Gasteiger charge is 2.45. The number of rotatable bonds is 10. The van der Waals surface area contributed by atoms with Gasteiger partial charge >= 0.3 is 17.8 Å². The Balaban J connectivity index is 1.55. The van der Waals surface area contributed by atoms with Crippen LogP contribution < -0.4 is 9.64 Å². The van der Waals surface area contributed by atoms with Crippen molar-refractivity contribution in [3.63, 3.8) is 0 Å². The molecule has 1 unspecified atom stereocenters. The predicted octanol–water partition coefficient (Wildman–Crippen LogP) is 1.32. The number of urea groups is 1. The fourth-order valence-electron chi connectivity index (χ4n) is 3.10. The molecular weight excluding hydrogens is 390 g/mol. The third-order valence-electron chi connectivity index (χ3n) is 4.52. The van der Waals surface area contributed by atoms with Gasteiger partial charge < -0.3 is 9.64 Å². The molecule has 7 nitrogen and oxygen atoms in total. The van der Waals surface area contributed by atoms with E-state index >= 15 is 0 Å². The van der Waals surface area contributed by atoms with Gasteiger partial charge in [0, 0.05) is 23.4 Å². The highest BCUT2D eigenvalue weighted by Crippen LogP contribution is 2.15. The zero-order valence-electron chi connectivity index (χ0n) is 16.3. The number of imide groups is 2. The molecular formula is C21H24N3O4S+. The fourth-order valence-corrected chi connectivity index (χ4v) is 3.79. The Morgan fingerprint density at radius 3 is 2.48 bits per heavy atom. The maximum absolute atomic E-state index is 12.6. The Labute approximate surface area is 173 Å². The molecule has 0 radical (unpaired) electrons. The number of hydrogen-bond acceptors (Lipinski definition) is 5. The summed E-state index contributed by atoms with van der Waals surface area (Å²) in [6, 6.07) is 10.9. The van der Waals surface area contributed by atoms with Crippen molar-refractivity contribution in [2.45, 2.75) is 13.0 Å². The first-order chi connectivity index (χ1) is 14.0. The van der Waals surface area contributed by atoms with Gasteiger partial charge in [0.05, 0.1) is 7.05 Å². The van der Waals surface area contributed by atoms with E-state index in [1.165, 1.54) is 0 Å². The smallest absolute Gasteiger partial charge is 0.338 e. The average Bonchev–Trinajstić information content (AvgIpc) is 3.30. The van der Waals surface area contributed by atoms with Crippen LogP contribution in [-0.2, 0) is 22.6 Å². The van der Waals surface area contributed by atoms with Gasteiger partial charge in [0.2, 0.25) is 0 Å². The number of nitrogens with zero attached hydrogens (tertiary/aromatic N) is 2. The summed E-state index contributed by atoms with van der Waals surface area (Å²) >= 11 is 1.56. The van der Waals surface area contributed by atoms with Crippen molar-refractivity contribution in [2.24, 2.45) is 0 Å². The largest absolute Gasteiger partial charge is 0.490 e. The summed E-state index contributed by atoms with van der Waals surface area (Å²) in [7, 11) is 1.88. The van der Waals surface area contributed by atoms with Gasteiger partial charge in [-0.1, -0.05) is 18.7 Å². The molecule has 1 aliphatic rings. The molecule has 152 valence electrons.